The van der Waals surface area contributed by atoms with Crippen LogP contribution in [0.2, 0.25) is 0 Å². The highest BCUT2D eigenvalue weighted by molar-refractivity contribution is 7.89. The van der Waals surface area contributed by atoms with Gasteiger partial charge in [-0.25, -0.2) is 13.2 Å². The maximum Gasteiger partial charge on any atom is 0.410 e. The summed E-state index contributed by atoms with van der Waals surface area (Å²) >= 11 is 0. The topological polar surface area (TPSA) is 90.4 Å². The second-order valence-electron chi connectivity index (χ2n) is 8.06. The minimum Gasteiger partial charge on any atom is -0.445 e. The number of rotatable bonds is 7. The lowest BCUT2D eigenvalue weighted by atomic mass is 10.1. The van der Waals surface area contributed by atoms with Gasteiger partial charge in [-0.1, -0.05) is 37.3 Å². The van der Waals surface area contributed by atoms with Gasteiger partial charge in [0.2, 0.25) is 10.0 Å². The molecule has 2 atom stereocenters. The van der Waals surface area contributed by atoms with Gasteiger partial charge in [0.15, 0.2) is 0 Å². The van der Waals surface area contributed by atoms with Crippen molar-refractivity contribution in [3.63, 3.8) is 0 Å². The van der Waals surface area contributed by atoms with E-state index in [4.69, 9.17) is 4.74 Å². The van der Waals surface area contributed by atoms with Crippen LogP contribution in [0, 0.1) is 0 Å². The van der Waals surface area contributed by atoms with E-state index in [0.717, 1.165) is 5.56 Å². The van der Waals surface area contributed by atoms with E-state index in [2.05, 4.69) is 4.90 Å². The molecule has 168 valence electrons. The second kappa shape index (κ2) is 10.6. The van der Waals surface area contributed by atoms with Crippen LogP contribution in [0.1, 0.15) is 31.7 Å². The molecule has 2 heterocycles. The Hall–Kier alpha value is -1.68. The first kappa shape index (κ1) is 23.0. The average Bonchev–Trinajstić information content (AvgIpc) is 2.78. The number of hydrogen-bond donors (Lipinski definition) is 1. The first-order chi connectivity index (χ1) is 14.4. The number of piperidine rings is 1. The van der Waals surface area contributed by atoms with Gasteiger partial charge in [0, 0.05) is 45.8 Å². The van der Waals surface area contributed by atoms with E-state index >= 15 is 0 Å². The summed E-state index contributed by atoms with van der Waals surface area (Å²) in [5.41, 5.74) is 0.901. The van der Waals surface area contributed by atoms with Gasteiger partial charge in [-0.15, -0.1) is 0 Å². The molecule has 2 fully saturated rings. The maximum absolute atomic E-state index is 13.2. The minimum absolute atomic E-state index is 0.171. The molecule has 2 aliphatic rings. The number of ether oxygens (including phenoxy) is 1. The third kappa shape index (κ3) is 5.94. The lowest BCUT2D eigenvalue weighted by Crippen LogP contribution is -2.55. The van der Waals surface area contributed by atoms with Crippen LogP contribution in [0.4, 0.5) is 4.79 Å². The number of aliphatic hydroxyl groups is 1. The van der Waals surface area contributed by atoms with Crippen LogP contribution in [0.15, 0.2) is 30.3 Å². The van der Waals surface area contributed by atoms with E-state index in [1.54, 1.807) is 4.31 Å². The number of nitrogens with zero attached hydrogens (tertiary/aromatic N) is 3. The monoisotopic (exact) mass is 439 g/mol. The van der Waals surface area contributed by atoms with E-state index in [1.807, 2.05) is 37.3 Å². The molecule has 0 aliphatic carbocycles. The van der Waals surface area contributed by atoms with E-state index in [-0.39, 0.29) is 19.3 Å². The lowest BCUT2D eigenvalue weighted by Gasteiger charge is -2.38. The van der Waals surface area contributed by atoms with Gasteiger partial charge < -0.3 is 14.7 Å². The molecule has 30 heavy (non-hydrogen) atoms. The van der Waals surface area contributed by atoms with Crippen LogP contribution >= 0.6 is 0 Å². The highest BCUT2D eigenvalue weighted by Crippen LogP contribution is 2.22. The summed E-state index contributed by atoms with van der Waals surface area (Å²) in [7, 11) is -3.48. The molecule has 1 N–H and O–H groups in total. The third-order valence-electron chi connectivity index (χ3n) is 5.89. The lowest BCUT2D eigenvalue weighted by molar-refractivity contribution is 0.0863. The maximum atomic E-state index is 13.2. The molecule has 8 nitrogen and oxygen atoms in total. The van der Waals surface area contributed by atoms with Crippen LogP contribution in [0.5, 0.6) is 0 Å². The Morgan fingerprint density at radius 1 is 1.17 bits per heavy atom. The Labute approximate surface area is 179 Å². The number of aliphatic hydroxyl groups excluding tert-OH is 1. The van der Waals surface area contributed by atoms with E-state index in [9.17, 15) is 18.3 Å². The fraction of sp³-hybridized carbons (Fsp3) is 0.667. The van der Waals surface area contributed by atoms with Crippen LogP contribution in [-0.4, -0.2) is 90.9 Å². The first-order valence-electron chi connectivity index (χ1n) is 10.7. The Bertz CT molecular complexity index is 781. The summed E-state index contributed by atoms with van der Waals surface area (Å²) in [6, 6.07) is 9.44. The molecule has 3 rings (SSSR count). The van der Waals surface area contributed by atoms with E-state index in [0.29, 0.717) is 58.5 Å². The Morgan fingerprint density at radius 3 is 2.53 bits per heavy atom. The normalized spacial score (nSPS) is 22.6. The number of carbonyl (C=O) groups is 1. The minimum atomic E-state index is -3.48. The summed E-state index contributed by atoms with van der Waals surface area (Å²) < 4.78 is 33.2. The fourth-order valence-electron chi connectivity index (χ4n) is 3.96. The summed E-state index contributed by atoms with van der Waals surface area (Å²) in [6.07, 6.45) is 1.06. The fourth-order valence-corrected chi connectivity index (χ4v) is 5.89. The van der Waals surface area contributed by atoms with Crippen molar-refractivity contribution in [2.75, 3.05) is 45.8 Å². The molecule has 2 aliphatic heterocycles. The predicted molar refractivity (Wildman–Crippen MR) is 114 cm³/mol. The smallest absolute Gasteiger partial charge is 0.410 e. The molecule has 0 radical (unpaired) electrons. The molecule has 1 amide bonds. The molecule has 0 unspecified atom stereocenters. The SMILES string of the molecule is CC[C@H](O)CN1CCN(S(=O)(=O)[C@H]2CCCN(C(=O)OCc3ccccc3)C2)CC1. The first-order valence-corrected chi connectivity index (χ1v) is 12.3. The van der Waals surface area contributed by atoms with Crippen LogP contribution in [0.3, 0.4) is 0 Å². The number of sulfonamides is 1. The largest absolute Gasteiger partial charge is 0.445 e. The Balaban J connectivity index is 1.52. The van der Waals surface area contributed by atoms with Crippen molar-refractivity contribution in [1.29, 1.82) is 0 Å². The van der Waals surface area contributed by atoms with Gasteiger partial charge in [-0.2, -0.15) is 4.31 Å². The van der Waals surface area contributed by atoms with Crippen molar-refractivity contribution in [2.24, 2.45) is 0 Å². The highest BCUT2D eigenvalue weighted by Gasteiger charge is 2.38. The van der Waals surface area contributed by atoms with Crippen LogP contribution in [0.25, 0.3) is 0 Å². The molecule has 0 bridgehead atoms. The van der Waals surface area contributed by atoms with Crippen molar-refractivity contribution in [3.8, 4) is 0 Å². The summed E-state index contributed by atoms with van der Waals surface area (Å²) in [5, 5.41) is 9.22. The number of piperazine rings is 1. The molecule has 2 saturated heterocycles. The van der Waals surface area contributed by atoms with Gasteiger partial charge in [-0.3, -0.25) is 4.90 Å². The van der Waals surface area contributed by atoms with Gasteiger partial charge in [0.05, 0.1) is 11.4 Å². The predicted octanol–water partition coefficient (Wildman–Crippen LogP) is 1.51. The zero-order valence-electron chi connectivity index (χ0n) is 17.6. The molecule has 0 saturated carbocycles. The number of amides is 1. The molecular formula is C21H33N3O5S. The van der Waals surface area contributed by atoms with Gasteiger partial charge in [-0.05, 0) is 24.8 Å². The van der Waals surface area contributed by atoms with Crippen molar-refractivity contribution in [1.82, 2.24) is 14.1 Å². The second-order valence-corrected chi connectivity index (χ2v) is 10.3. The molecule has 0 aromatic heterocycles. The summed E-state index contributed by atoms with van der Waals surface area (Å²) in [4.78, 5) is 16.1. The van der Waals surface area contributed by atoms with Crippen molar-refractivity contribution < 1.29 is 23.1 Å². The van der Waals surface area contributed by atoms with Gasteiger partial charge in [0.25, 0.3) is 0 Å². The summed E-state index contributed by atoms with van der Waals surface area (Å²) in [6.45, 7) is 5.46. The standard InChI is InChI=1S/C21H33N3O5S/c1-2-19(25)15-22-11-13-24(14-12-22)30(27,28)20-9-6-10-23(16-20)21(26)29-17-18-7-4-3-5-8-18/h3-5,7-8,19-20,25H,2,6,9-17H2,1H3/t19-,20-/m0/s1. The molecule has 0 spiro atoms. The van der Waals surface area contributed by atoms with E-state index < -0.39 is 21.4 Å². The van der Waals surface area contributed by atoms with E-state index in [1.165, 1.54) is 4.90 Å². The number of benzene rings is 1. The van der Waals surface area contributed by atoms with Crippen molar-refractivity contribution in [3.05, 3.63) is 35.9 Å². The van der Waals surface area contributed by atoms with Gasteiger partial charge >= 0.3 is 6.09 Å². The molecule has 1 aromatic rings. The van der Waals surface area contributed by atoms with Crippen molar-refractivity contribution >= 4 is 16.1 Å². The zero-order chi connectivity index (χ0) is 21.6. The number of likely N-dealkylation sites (tertiary alicyclic amines) is 1. The zero-order valence-corrected chi connectivity index (χ0v) is 18.5. The quantitative estimate of drug-likeness (QED) is 0.693. The molecule has 9 heteroatoms. The van der Waals surface area contributed by atoms with Crippen molar-refractivity contribution in [2.45, 2.75) is 44.1 Å². The third-order valence-corrected chi connectivity index (χ3v) is 8.21. The summed E-state index contributed by atoms with van der Waals surface area (Å²) in [5.74, 6) is 0. The Kier molecular flexibility index (Phi) is 8.10. The van der Waals surface area contributed by atoms with Crippen LogP contribution < -0.4 is 0 Å². The van der Waals surface area contributed by atoms with Gasteiger partial charge in [0.1, 0.15) is 6.61 Å². The number of hydrogen-bond acceptors (Lipinski definition) is 6. The number of carbonyl (C=O) groups excluding carboxylic acids is 1. The average molecular weight is 440 g/mol. The highest BCUT2D eigenvalue weighted by atomic mass is 32.2. The number of β-amino-alcohol motifs (C(OH)–C–C–N with tert-alkyl or cyclic N) is 1. The Morgan fingerprint density at radius 2 is 1.87 bits per heavy atom. The molecular weight excluding hydrogens is 406 g/mol. The van der Waals surface area contributed by atoms with Crippen LogP contribution in [-0.2, 0) is 21.4 Å². The molecule has 1 aromatic carbocycles.